The molecule has 4 unspecified atom stereocenters. The Bertz CT molecular complexity index is 595. The maximum Gasteiger partial charge on any atom is 0.242 e. The molecule has 8 nitrogen and oxygen atoms in total. The molecule has 164 valence electrons. The van der Waals surface area contributed by atoms with E-state index in [0.29, 0.717) is 36.8 Å². The van der Waals surface area contributed by atoms with E-state index in [1.165, 1.54) is 24.8 Å². The molecule has 4 fully saturated rings. The van der Waals surface area contributed by atoms with Crippen LogP contribution in [0.5, 0.6) is 0 Å². The van der Waals surface area contributed by atoms with E-state index in [9.17, 15) is 9.18 Å². The monoisotopic (exact) mass is 427 g/mol. The summed E-state index contributed by atoms with van der Waals surface area (Å²) in [5.41, 5.74) is 9.69. The van der Waals surface area contributed by atoms with Crippen LogP contribution >= 0.6 is 11.9 Å². The van der Waals surface area contributed by atoms with Crippen LogP contribution in [0.25, 0.3) is 0 Å². The molecule has 2 aliphatic carbocycles. The Kier molecular flexibility index (Phi) is 7.28. The van der Waals surface area contributed by atoms with Crippen molar-refractivity contribution in [1.29, 1.82) is 0 Å². The third kappa shape index (κ3) is 5.61. The number of carbonyl (C=O) groups excluding carboxylic acids is 1. The Morgan fingerprint density at radius 2 is 1.83 bits per heavy atom. The van der Waals surface area contributed by atoms with Gasteiger partial charge in [-0.25, -0.2) is 25.1 Å². The molecule has 0 aromatic carbocycles. The molecular formula is C19H34FN7OS. The summed E-state index contributed by atoms with van der Waals surface area (Å²) >= 11 is 1.39. The Hall–Kier alpha value is -0.940. The van der Waals surface area contributed by atoms with Crippen molar-refractivity contribution in [2.75, 3.05) is 0 Å². The van der Waals surface area contributed by atoms with Crippen LogP contribution in [-0.4, -0.2) is 47.6 Å². The van der Waals surface area contributed by atoms with E-state index >= 15 is 0 Å². The van der Waals surface area contributed by atoms with Gasteiger partial charge in [0.15, 0.2) is 5.96 Å². The predicted molar refractivity (Wildman–Crippen MR) is 113 cm³/mol. The second-order valence-electron chi connectivity index (χ2n) is 8.82. The molecule has 0 aromatic heterocycles. The number of hydrazine groups is 2. The molecule has 2 heterocycles. The molecule has 4 aliphatic rings. The van der Waals surface area contributed by atoms with Gasteiger partial charge in [0.2, 0.25) is 5.91 Å². The van der Waals surface area contributed by atoms with Gasteiger partial charge in [-0.05, 0) is 51.4 Å². The first-order chi connectivity index (χ1) is 14.1. The molecular weight excluding hydrogens is 393 g/mol. The molecule has 4 rings (SSSR count). The minimum absolute atomic E-state index is 0.0481. The maximum absolute atomic E-state index is 13.4. The summed E-state index contributed by atoms with van der Waals surface area (Å²) in [4.78, 5) is 20.5. The van der Waals surface area contributed by atoms with Gasteiger partial charge >= 0.3 is 0 Å². The molecule has 2 saturated heterocycles. The number of carbonyl (C=O) groups is 1. The number of rotatable bonds is 4. The summed E-state index contributed by atoms with van der Waals surface area (Å²) < 4.78 is 13.4. The zero-order valence-corrected chi connectivity index (χ0v) is 17.9. The fourth-order valence-electron chi connectivity index (χ4n) is 4.80. The summed E-state index contributed by atoms with van der Waals surface area (Å²) in [7, 11) is 0. The average Bonchev–Trinajstić information content (AvgIpc) is 3.45. The number of halogens is 1. The van der Waals surface area contributed by atoms with E-state index < -0.39 is 6.17 Å². The molecule has 0 aromatic rings. The van der Waals surface area contributed by atoms with Gasteiger partial charge in [0.1, 0.15) is 17.6 Å². The number of alkyl halides is 1. The predicted octanol–water partition coefficient (Wildman–Crippen LogP) is 1.22. The molecule has 29 heavy (non-hydrogen) atoms. The Balaban J connectivity index is 1.37. The average molecular weight is 428 g/mol. The summed E-state index contributed by atoms with van der Waals surface area (Å²) in [6, 6.07) is 0.719. The van der Waals surface area contributed by atoms with E-state index in [-0.39, 0.29) is 23.4 Å². The molecule has 0 radical (unpaired) electrons. The SMILES string of the molecule is CC1NNSC1C(=O)N/C(=N\C1CC(C2CCC(F)CC2)NN1)NC1CCCC1. The summed E-state index contributed by atoms with van der Waals surface area (Å²) in [6.45, 7) is 1.98. The lowest BCUT2D eigenvalue weighted by atomic mass is 9.82. The van der Waals surface area contributed by atoms with Crippen LogP contribution < -0.4 is 31.7 Å². The van der Waals surface area contributed by atoms with Crippen LogP contribution in [0.15, 0.2) is 4.99 Å². The highest BCUT2D eigenvalue weighted by molar-refractivity contribution is 7.99. The minimum Gasteiger partial charge on any atom is -0.353 e. The third-order valence-corrected chi connectivity index (χ3v) is 7.70. The highest BCUT2D eigenvalue weighted by atomic mass is 32.2. The van der Waals surface area contributed by atoms with Crippen molar-refractivity contribution >= 4 is 23.8 Å². The number of guanidine groups is 1. The molecule has 6 N–H and O–H groups in total. The van der Waals surface area contributed by atoms with Gasteiger partial charge in [-0.2, -0.15) is 0 Å². The number of hydrogen-bond acceptors (Lipinski definition) is 7. The van der Waals surface area contributed by atoms with Crippen molar-refractivity contribution in [3.05, 3.63) is 0 Å². The van der Waals surface area contributed by atoms with Crippen molar-refractivity contribution in [3.63, 3.8) is 0 Å². The van der Waals surface area contributed by atoms with Crippen molar-refractivity contribution in [2.24, 2.45) is 10.9 Å². The van der Waals surface area contributed by atoms with Crippen LogP contribution in [0.3, 0.4) is 0 Å². The standard InChI is InChI=1S/C19H34FN7OS/c1-11-17(29-27-24-11)18(28)23-19(21-14-4-2-3-5-14)22-16-10-15(25-26-16)12-6-8-13(20)9-7-12/h11-17,24-27H,2-10H2,1H3,(H2,21,22,23,28). The first-order valence-corrected chi connectivity index (χ1v) is 11.9. The quantitative estimate of drug-likeness (QED) is 0.228. The number of amides is 1. The van der Waals surface area contributed by atoms with Gasteiger partial charge < -0.3 is 5.32 Å². The Morgan fingerprint density at radius 1 is 1.07 bits per heavy atom. The summed E-state index contributed by atoms with van der Waals surface area (Å²) in [5, 5.41) is 6.28. The van der Waals surface area contributed by atoms with Crippen LogP contribution in [0, 0.1) is 5.92 Å². The molecule has 0 bridgehead atoms. The molecule has 10 heteroatoms. The zero-order chi connectivity index (χ0) is 20.2. The van der Waals surface area contributed by atoms with Gasteiger partial charge in [-0.3, -0.25) is 15.5 Å². The molecule has 0 spiro atoms. The molecule has 1 amide bonds. The topological polar surface area (TPSA) is 102 Å². The smallest absolute Gasteiger partial charge is 0.242 e. The van der Waals surface area contributed by atoms with Crippen LogP contribution in [0.2, 0.25) is 0 Å². The maximum atomic E-state index is 13.4. The number of nitrogens with zero attached hydrogens (tertiary/aromatic N) is 1. The van der Waals surface area contributed by atoms with E-state index in [2.05, 4.69) is 31.7 Å². The Morgan fingerprint density at radius 3 is 2.52 bits per heavy atom. The molecule has 2 saturated carbocycles. The van der Waals surface area contributed by atoms with Crippen molar-refractivity contribution in [1.82, 2.24) is 31.7 Å². The zero-order valence-electron chi connectivity index (χ0n) is 17.0. The number of aliphatic imine (C=N–C) groups is 1. The second-order valence-corrected chi connectivity index (χ2v) is 9.77. The van der Waals surface area contributed by atoms with Gasteiger partial charge in [-0.15, -0.1) is 0 Å². The lowest BCUT2D eigenvalue weighted by Gasteiger charge is -2.28. The van der Waals surface area contributed by atoms with E-state index in [4.69, 9.17) is 4.99 Å². The second kappa shape index (κ2) is 9.91. The first kappa shape index (κ1) is 21.3. The fourth-order valence-corrected chi connectivity index (χ4v) is 5.62. The van der Waals surface area contributed by atoms with E-state index in [1.54, 1.807) is 0 Å². The largest absolute Gasteiger partial charge is 0.353 e. The first-order valence-electron chi connectivity index (χ1n) is 11.0. The highest BCUT2D eigenvalue weighted by Gasteiger charge is 2.35. The fraction of sp³-hybridized carbons (Fsp3) is 0.895. The van der Waals surface area contributed by atoms with Crippen LogP contribution in [-0.2, 0) is 4.79 Å². The van der Waals surface area contributed by atoms with Gasteiger partial charge in [0, 0.05) is 24.5 Å². The van der Waals surface area contributed by atoms with Crippen molar-refractivity contribution < 1.29 is 9.18 Å². The lowest BCUT2D eigenvalue weighted by molar-refractivity contribution is -0.119. The van der Waals surface area contributed by atoms with Crippen molar-refractivity contribution in [3.8, 4) is 0 Å². The minimum atomic E-state index is -0.633. The summed E-state index contributed by atoms with van der Waals surface area (Å²) in [6.07, 6.45) is 7.96. The normalized spacial score (nSPS) is 39.0. The highest BCUT2D eigenvalue weighted by Crippen LogP contribution is 2.31. The summed E-state index contributed by atoms with van der Waals surface area (Å²) in [5.74, 6) is 1.01. The van der Waals surface area contributed by atoms with Gasteiger partial charge in [-0.1, -0.05) is 24.8 Å². The van der Waals surface area contributed by atoms with E-state index in [1.807, 2.05) is 6.92 Å². The van der Waals surface area contributed by atoms with Crippen LogP contribution in [0.4, 0.5) is 4.39 Å². The molecule has 2 aliphatic heterocycles. The van der Waals surface area contributed by atoms with Gasteiger partial charge in [0.25, 0.3) is 0 Å². The van der Waals surface area contributed by atoms with Crippen LogP contribution in [0.1, 0.15) is 64.7 Å². The third-order valence-electron chi connectivity index (χ3n) is 6.59. The number of hydrogen-bond donors (Lipinski definition) is 6. The van der Waals surface area contributed by atoms with E-state index in [0.717, 1.165) is 32.1 Å². The Labute approximate surface area is 176 Å². The lowest BCUT2D eigenvalue weighted by Crippen LogP contribution is -2.50. The number of nitrogens with one attached hydrogen (secondary N) is 6. The van der Waals surface area contributed by atoms with Gasteiger partial charge in [0.05, 0.1) is 0 Å². The van der Waals surface area contributed by atoms with Crippen molar-refractivity contribution in [2.45, 2.75) is 100 Å². The molecule has 4 atom stereocenters.